The van der Waals surface area contributed by atoms with Gasteiger partial charge in [-0.15, -0.1) is 0 Å². The van der Waals surface area contributed by atoms with E-state index in [9.17, 15) is 9.90 Å². The van der Waals surface area contributed by atoms with Gasteiger partial charge >= 0.3 is 5.97 Å². The minimum absolute atomic E-state index is 0.156. The fourth-order valence-corrected chi connectivity index (χ4v) is 3.55. The van der Waals surface area contributed by atoms with E-state index in [2.05, 4.69) is 37.1 Å². The van der Waals surface area contributed by atoms with E-state index in [0.717, 1.165) is 62.0 Å². The molecule has 27 heavy (non-hydrogen) atoms. The van der Waals surface area contributed by atoms with Gasteiger partial charge in [-0.2, -0.15) is 0 Å². The summed E-state index contributed by atoms with van der Waals surface area (Å²) in [5.41, 5.74) is 1.67. The molecular formula is C19H24N6O2. The monoisotopic (exact) mass is 368 g/mol. The maximum atomic E-state index is 11.4. The van der Waals surface area contributed by atoms with Gasteiger partial charge in [0.05, 0.1) is 11.0 Å². The molecule has 1 fully saturated rings. The Hall–Kier alpha value is -2.71. The summed E-state index contributed by atoms with van der Waals surface area (Å²) in [6, 6.07) is 3.50. The van der Waals surface area contributed by atoms with Crippen LogP contribution in [0.4, 0.5) is 5.82 Å². The lowest BCUT2D eigenvalue weighted by molar-refractivity contribution is 0.0691. The van der Waals surface area contributed by atoms with Crippen molar-refractivity contribution in [3.63, 3.8) is 0 Å². The molecule has 0 spiro atoms. The fourth-order valence-electron chi connectivity index (χ4n) is 3.55. The molecule has 8 nitrogen and oxygen atoms in total. The Labute approximate surface area is 157 Å². The van der Waals surface area contributed by atoms with Gasteiger partial charge in [-0.1, -0.05) is 0 Å². The zero-order valence-electron chi connectivity index (χ0n) is 15.4. The topological polar surface area (TPSA) is 97.4 Å². The first kappa shape index (κ1) is 17.7. The number of fused-ring (bicyclic) bond motifs is 3. The highest BCUT2D eigenvalue weighted by atomic mass is 16.4. The SMILES string of the molecule is CN1CCN(CCCNc2nc3ccncc3c3cc(C(=O)O)[nH]c23)CC1. The lowest BCUT2D eigenvalue weighted by Crippen LogP contribution is -2.44. The smallest absolute Gasteiger partial charge is 0.352 e. The Balaban J connectivity index is 1.51. The number of likely N-dealkylation sites (N-methyl/N-ethyl adjacent to an activating group) is 1. The zero-order chi connectivity index (χ0) is 18.8. The molecule has 0 saturated carbocycles. The average molecular weight is 368 g/mol. The molecule has 1 saturated heterocycles. The molecule has 8 heteroatoms. The van der Waals surface area contributed by atoms with Crippen molar-refractivity contribution in [3.05, 3.63) is 30.2 Å². The molecule has 0 aliphatic carbocycles. The van der Waals surface area contributed by atoms with Gasteiger partial charge in [0, 0.05) is 55.9 Å². The van der Waals surface area contributed by atoms with E-state index < -0.39 is 5.97 Å². The van der Waals surface area contributed by atoms with Gasteiger partial charge in [0.1, 0.15) is 5.69 Å². The lowest BCUT2D eigenvalue weighted by Gasteiger charge is -2.32. The van der Waals surface area contributed by atoms with Crippen LogP contribution in [0.25, 0.3) is 21.8 Å². The molecule has 3 aromatic rings. The van der Waals surface area contributed by atoms with E-state index in [1.54, 1.807) is 18.5 Å². The van der Waals surface area contributed by atoms with Crippen molar-refractivity contribution in [2.24, 2.45) is 0 Å². The van der Waals surface area contributed by atoms with Crippen LogP contribution in [0.1, 0.15) is 16.9 Å². The predicted molar refractivity (Wildman–Crippen MR) is 105 cm³/mol. The fraction of sp³-hybridized carbons (Fsp3) is 0.421. The van der Waals surface area contributed by atoms with Crippen LogP contribution in [-0.2, 0) is 0 Å². The Bertz CT molecular complexity index is 961. The van der Waals surface area contributed by atoms with Crippen LogP contribution < -0.4 is 5.32 Å². The van der Waals surface area contributed by atoms with Crippen LogP contribution in [0.15, 0.2) is 24.5 Å². The molecule has 4 heterocycles. The van der Waals surface area contributed by atoms with E-state index >= 15 is 0 Å². The molecule has 0 unspecified atom stereocenters. The predicted octanol–water partition coefficient (Wildman–Crippen LogP) is 1.86. The molecule has 0 aromatic carbocycles. The van der Waals surface area contributed by atoms with Crippen LogP contribution in [-0.4, -0.2) is 82.1 Å². The second-order valence-corrected chi connectivity index (χ2v) is 7.06. The number of H-pyrrole nitrogens is 1. The van der Waals surface area contributed by atoms with Crippen LogP contribution in [0.3, 0.4) is 0 Å². The number of carbonyl (C=O) groups is 1. The van der Waals surface area contributed by atoms with Crippen LogP contribution >= 0.6 is 0 Å². The maximum absolute atomic E-state index is 11.4. The molecule has 3 aromatic heterocycles. The van der Waals surface area contributed by atoms with Crippen LogP contribution in [0.2, 0.25) is 0 Å². The number of hydrogen-bond donors (Lipinski definition) is 3. The number of piperazine rings is 1. The van der Waals surface area contributed by atoms with Gasteiger partial charge < -0.3 is 25.2 Å². The first-order chi connectivity index (χ1) is 13.1. The third-order valence-corrected chi connectivity index (χ3v) is 5.14. The van der Waals surface area contributed by atoms with Gasteiger partial charge in [0.15, 0.2) is 5.82 Å². The summed E-state index contributed by atoms with van der Waals surface area (Å²) in [5, 5.41) is 14.4. The Morgan fingerprint density at radius 1 is 1.30 bits per heavy atom. The second kappa shape index (κ2) is 7.50. The van der Waals surface area contributed by atoms with Gasteiger partial charge in [0.2, 0.25) is 0 Å². The van der Waals surface area contributed by atoms with Gasteiger partial charge in [0.25, 0.3) is 0 Å². The molecule has 4 rings (SSSR count). The lowest BCUT2D eigenvalue weighted by atomic mass is 10.2. The Morgan fingerprint density at radius 2 is 2.11 bits per heavy atom. The number of carboxylic acid groups (broad SMARTS) is 1. The summed E-state index contributed by atoms with van der Waals surface area (Å²) >= 11 is 0. The van der Waals surface area contributed by atoms with Crippen molar-refractivity contribution < 1.29 is 9.90 Å². The normalized spacial score (nSPS) is 16.2. The number of carboxylic acids is 1. The van der Waals surface area contributed by atoms with Crippen molar-refractivity contribution in [1.82, 2.24) is 24.8 Å². The number of aromatic nitrogens is 3. The highest BCUT2D eigenvalue weighted by molar-refractivity contribution is 6.11. The second-order valence-electron chi connectivity index (χ2n) is 7.06. The molecule has 1 aliphatic rings. The average Bonchev–Trinajstić information content (AvgIpc) is 3.13. The van der Waals surface area contributed by atoms with E-state index in [4.69, 9.17) is 0 Å². The molecule has 0 amide bonds. The Kier molecular flexibility index (Phi) is 4.91. The first-order valence-corrected chi connectivity index (χ1v) is 9.26. The van der Waals surface area contributed by atoms with Crippen molar-refractivity contribution in [1.29, 1.82) is 0 Å². The molecule has 3 N–H and O–H groups in total. The third kappa shape index (κ3) is 3.72. The summed E-state index contributed by atoms with van der Waals surface area (Å²) in [6.45, 7) is 6.30. The summed E-state index contributed by atoms with van der Waals surface area (Å²) in [6.07, 6.45) is 4.43. The minimum atomic E-state index is -0.982. The number of anilines is 1. The number of aromatic carboxylic acids is 1. The molecule has 0 radical (unpaired) electrons. The first-order valence-electron chi connectivity index (χ1n) is 9.26. The van der Waals surface area contributed by atoms with E-state index in [1.165, 1.54) is 0 Å². The van der Waals surface area contributed by atoms with Gasteiger partial charge in [-0.05, 0) is 32.1 Å². The number of pyridine rings is 2. The quantitative estimate of drug-likeness (QED) is 0.571. The number of nitrogens with one attached hydrogen (secondary N) is 2. The summed E-state index contributed by atoms with van der Waals surface area (Å²) < 4.78 is 0. The Morgan fingerprint density at radius 3 is 2.89 bits per heavy atom. The van der Waals surface area contributed by atoms with Crippen LogP contribution in [0, 0.1) is 0 Å². The third-order valence-electron chi connectivity index (χ3n) is 5.14. The van der Waals surface area contributed by atoms with Crippen molar-refractivity contribution >= 4 is 33.6 Å². The molecule has 1 aliphatic heterocycles. The van der Waals surface area contributed by atoms with Crippen molar-refractivity contribution in [2.75, 3.05) is 51.6 Å². The molecule has 0 atom stereocenters. The number of hydrogen-bond acceptors (Lipinski definition) is 6. The van der Waals surface area contributed by atoms with Crippen LogP contribution in [0.5, 0.6) is 0 Å². The summed E-state index contributed by atoms with van der Waals surface area (Å²) in [4.78, 5) is 28.0. The summed E-state index contributed by atoms with van der Waals surface area (Å²) in [5.74, 6) is -0.293. The van der Waals surface area contributed by atoms with Crippen molar-refractivity contribution in [2.45, 2.75) is 6.42 Å². The van der Waals surface area contributed by atoms with E-state index in [-0.39, 0.29) is 5.69 Å². The number of nitrogens with zero attached hydrogens (tertiary/aromatic N) is 4. The molecule has 0 bridgehead atoms. The minimum Gasteiger partial charge on any atom is -0.477 e. The van der Waals surface area contributed by atoms with E-state index in [0.29, 0.717) is 11.3 Å². The number of aromatic amines is 1. The van der Waals surface area contributed by atoms with Crippen molar-refractivity contribution in [3.8, 4) is 0 Å². The van der Waals surface area contributed by atoms with Gasteiger partial charge in [-0.3, -0.25) is 4.98 Å². The largest absolute Gasteiger partial charge is 0.477 e. The highest BCUT2D eigenvalue weighted by Crippen LogP contribution is 2.29. The van der Waals surface area contributed by atoms with Gasteiger partial charge in [-0.25, -0.2) is 9.78 Å². The zero-order valence-corrected chi connectivity index (χ0v) is 15.4. The summed E-state index contributed by atoms with van der Waals surface area (Å²) in [7, 11) is 2.16. The number of rotatable bonds is 6. The standard InChI is InChI=1S/C19H24N6O2/c1-24-7-9-25(10-8-24)6-2-4-21-18-17-13(11-16(22-17)19(26)27)14-12-20-5-3-15(14)23-18/h3,5,11-12,22H,2,4,6-10H2,1H3,(H,21,23)(H,26,27). The maximum Gasteiger partial charge on any atom is 0.352 e. The van der Waals surface area contributed by atoms with E-state index in [1.807, 2.05) is 6.07 Å². The molecular weight excluding hydrogens is 344 g/mol. The highest BCUT2D eigenvalue weighted by Gasteiger charge is 2.16. The molecule has 142 valence electrons.